The molecule has 6 nitrogen and oxygen atoms in total. The normalized spacial score (nSPS) is 39.8. The van der Waals surface area contributed by atoms with E-state index in [1.165, 1.54) is 25.7 Å². The van der Waals surface area contributed by atoms with Gasteiger partial charge in [-0.25, -0.2) is 0 Å². The van der Waals surface area contributed by atoms with Crippen molar-refractivity contribution < 1.29 is 28.4 Å². The molecule has 4 rings (SSSR count). The average Bonchev–Trinajstić information content (AvgIpc) is 2.78. The molecule has 4 aliphatic heterocycles. The number of rotatable bonds is 0. The summed E-state index contributed by atoms with van der Waals surface area (Å²) in [6.45, 7) is 22.2. The molecule has 0 aromatic heterocycles. The summed E-state index contributed by atoms with van der Waals surface area (Å²) in [5.74, 6) is 2.75. The van der Waals surface area contributed by atoms with Crippen LogP contribution in [-0.4, -0.2) is 64.4 Å². The standard InChI is InChI=1S/2C7H14O.2C6H12O2/c2*1-6-3-4-7(2)8-5-6;2*1-5-3-7-6(2)8-4-5/h2*6-7H,3-5H2,1-2H3;2*5-6H,3-4H2,1-2H3. The maximum atomic E-state index is 5.39. The fraction of sp³-hybridized carbons (Fsp3) is 1.00. The molecule has 192 valence electrons. The van der Waals surface area contributed by atoms with Crippen molar-refractivity contribution in [1.82, 2.24) is 0 Å². The highest BCUT2D eigenvalue weighted by Gasteiger charge is 2.15. The molecule has 0 aromatic carbocycles. The summed E-state index contributed by atoms with van der Waals surface area (Å²) in [7, 11) is 0. The van der Waals surface area contributed by atoms with Gasteiger partial charge in [-0.05, 0) is 65.2 Å². The Hall–Kier alpha value is -0.240. The van der Waals surface area contributed by atoms with Gasteiger partial charge < -0.3 is 28.4 Å². The van der Waals surface area contributed by atoms with Gasteiger partial charge in [0.25, 0.3) is 0 Å². The van der Waals surface area contributed by atoms with Crippen LogP contribution in [0.25, 0.3) is 0 Å². The van der Waals surface area contributed by atoms with Crippen LogP contribution >= 0.6 is 0 Å². The molecule has 4 saturated heterocycles. The second kappa shape index (κ2) is 17.2. The Bertz CT molecular complexity index is 296. The largest absolute Gasteiger partial charge is 0.378 e. The molecule has 4 heterocycles. The third kappa shape index (κ3) is 15.6. The zero-order chi connectivity index (χ0) is 23.9. The Morgan fingerprint density at radius 1 is 0.344 bits per heavy atom. The Kier molecular flexibility index (Phi) is 16.0. The van der Waals surface area contributed by atoms with Crippen molar-refractivity contribution in [2.45, 2.75) is 106 Å². The molecule has 4 atom stereocenters. The quantitative estimate of drug-likeness (QED) is 0.464. The van der Waals surface area contributed by atoms with E-state index in [1.807, 2.05) is 13.8 Å². The van der Waals surface area contributed by atoms with Gasteiger partial charge in [-0.2, -0.15) is 0 Å². The predicted molar refractivity (Wildman–Crippen MR) is 129 cm³/mol. The minimum Gasteiger partial charge on any atom is -0.378 e. The number of ether oxygens (including phenoxy) is 6. The first-order valence-electron chi connectivity index (χ1n) is 12.8. The molecule has 4 unspecified atom stereocenters. The van der Waals surface area contributed by atoms with E-state index in [0.717, 1.165) is 51.5 Å². The van der Waals surface area contributed by atoms with E-state index in [9.17, 15) is 0 Å². The molecular formula is C26H52O6. The van der Waals surface area contributed by atoms with Crippen LogP contribution in [0, 0.1) is 23.7 Å². The molecule has 0 radical (unpaired) electrons. The van der Waals surface area contributed by atoms with Gasteiger partial charge >= 0.3 is 0 Å². The molecule has 0 aromatic rings. The summed E-state index contributed by atoms with van der Waals surface area (Å²) in [6.07, 6.45) is 6.28. The Morgan fingerprint density at radius 3 is 0.812 bits per heavy atom. The molecule has 0 aliphatic carbocycles. The lowest BCUT2D eigenvalue weighted by Crippen LogP contribution is -2.27. The second-order valence-electron chi connectivity index (χ2n) is 10.3. The van der Waals surface area contributed by atoms with E-state index >= 15 is 0 Å². The highest BCUT2D eigenvalue weighted by Crippen LogP contribution is 2.17. The Morgan fingerprint density at radius 2 is 0.625 bits per heavy atom. The highest BCUT2D eigenvalue weighted by atomic mass is 16.7. The molecule has 0 N–H and O–H groups in total. The van der Waals surface area contributed by atoms with Gasteiger partial charge in [0.2, 0.25) is 0 Å². The van der Waals surface area contributed by atoms with Gasteiger partial charge in [-0.3, -0.25) is 0 Å². The lowest BCUT2D eigenvalue weighted by atomic mass is 10.0. The minimum atomic E-state index is 0.0196. The minimum absolute atomic E-state index is 0.0196. The van der Waals surface area contributed by atoms with Gasteiger partial charge in [0.1, 0.15) is 0 Å². The lowest BCUT2D eigenvalue weighted by molar-refractivity contribution is -0.187. The first kappa shape index (κ1) is 29.8. The first-order chi connectivity index (χ1) is 15.2. The topological polar surface area (TPSA) is 55.4 Å². The first-order valence-corrected chi connectivity index (χ1v) is 12.8. The highest BCUT2D eigenvalue weighted by molar-refractivity contribution is 4.63. The SMILES string of the molecule is CC1CCC(C)OC1.CC1CCC(C)OC1.CC1COC(C)OC1.CC1COC(C)OC1. The summed E-state index contributed by atoms with van der Waals surface area (Å²) in [5, 5.41) is 0. The van der Waals surface area contributed by atoms with Crippen molar-refractivity contribution in [1.29, 1.82) is 0 Å². The van der Waals surface area contributed by atoms with Crippen LogP contribution in [0.1, 0.15) is 81.1 Å². The van der Waals surface area contributed by atoms with E-state index in [0.29, 0.717) is 24.0 Å². The van der Waals surface area contributed by atoms with E-state index < -0.39 is 0 Å². The number of hydrogen-bond acceptors (Lipinski definition) is 6. The fourth-order valence-corrected chi connectivity index (χ4v) is 3.42. The predicted octanol–water partition coefficient (Wildman–Crippen LogP) is 5.67. The monoisotopic (exact) mass is 460 g/mol. The van der Waals surface area contributed by atoms with Crippen LogP contribution in [-0.2, 0) is 28.4 Å². The van der Waals surface area contributed by atoms with Gasteiger partial charge in [0.05, 0.1) is 38.6 Å². The van der Waals surface area contributed by atoms with Gasteiger partial charge in [0.15, 0.2) is 12.6 Å². The molecule has 0 spiro atoms. The van der Waals surface area contributed by atoms with E-state index in [2.05, 4.69) is 41.5 Å². The zero-order valence-corrected chi connectivity index (χ0v) is 22.1. The summed E-state index contributed by atoms with van der Waals surface area (Å²) in [5.41, 5.74) is 0. The fourth-order valence-electron chi connectivity index (χ4n) is 3.42. The smallest absolute Gasteiger partial charge is 0.154 e. The molecule has 4 fully saturated rings. The molecule has 32 heavy (non-hydrogen) atoms. The van der Waals surface area contributed by atoms with Crippen molar-refractivity contribution >= 4 is 0 Å². The van der Waals surface area contributed by atoms with Crippen LogP contribution in [0.3, 0.4) is 0 Å². The van der Waals surface area contributed by atoms with E-state index in [-0.39, 0.29) is 12.6 Å². The van der Waals surface area contributed by atoms with Crippen molar-refractivity contribution in [3.63, 3.8) is 0 Å². The maximum Gasteiger partial charge on any atom is 0.154 e. The van der Waals surface area contributed by atoms with Crippen molar-refractivity contribution in [2.75, 3.05) is 39.6 Å². The van der Waals surface area contributed by atoms with Crippen LogP contribution in [0.2, 0.25) is 0 Å². The summed E-state index contributed by atoms with van der Waals surface area (Å²) < 4.78 is 31.5. The Balaban J connectivity index is 0.000000213. The third-order valence-electron chi connectivity index (χ3n) is 5.92. The van der Waals surface area contributed by atoms with Crippen LogP contribution in [0.5, 0.6) is 0 Å². The molecule has 0 amide bonds. The zero-order valence-electron chi connectivity index (χ0n) is 22.1. The lowest BCUT2D eigenvalue weighted by Gasteiger charge is -2.24. The van der Waals surface area contributed by atoms with Gasteiger partial charge in [-0.1, -0.05) is 27.7 Å². The van der Waals surface area contributed by atoms with Crippen molar-refractivity contribution in [3.05, 3.63) is 0 Å². The summed E-state index contributed by atoms with van der Waals surface area (Å²) in [6, 6.07) is 0. The molecule has 0 bridgehead atoms. The molecule has 6 heteroatoms. The summed E-state index contributed by atoms with van der Waals surface area (Å²) in [4.78, 5) is 0. The maximum absolute atomic E-state index is 5.39. The van der Waals surface area contributed by atoms with Crippen LogP contribution < -0.4 is 0 Å². The van der Waals surface area contributed by atoms with E-state index in [4.69, 9.17) is 28.4 Å². The van der Waals surface area contributed by atoms with Crippen LogP contribution in [0.4, 0.5) is 0 Å². The second-order valence-corrected chi connectivity index (χ2v) is 10.3. The van der Waals surface area contributed by atoms with Crippen LogP contribution in [0.15, 0.2) is 0 Å². The van der Waals surface area contributed by atoms with Gasteiger partial charge in [0, 0.05) is 25.0 Å². The summed E-state index contributed by atoms with van der Waals surface area (Å²) >= 11 is 0. The third-order valence-corrected chi connectivity index (χ3v) is 5.92. The Labute approximate surface area is 198 Å². The van der Waals surface area contributed by atoms with Crippen molar-refractivity contribution in [3.8, 4) is 0 Å². The van der Waals surface area contributed by atoms with Crippen molar-refractivity contribution in [2.24, 2.45) is 23.7 Å². The molecule has 0 saturated carbocycles. The molecule has 4 aliphatic rings. The van der Waals surface area contributed by atoms with Gasteiger partial charge in [-0.15, -0.1) is 0 Å². The van der Waals surface area contributed by atoms with E-state index in [1.54, 1.807) is 0 Å². The molecular weight excluding hydrogens is 408 g/mol. The average molecular weight is 461 g/mol. The number of hydrogen-bond donors (Lipinski definition) is 0.